The van der Waals surface area contributed by atoms with Gasteiger partial charge in [0.05, 0.1) is 4.90 Å². The molecule has 0 aliphatic carbocycles. The molecule has 0 saturated carbocycles. The summed E-state index contributed by atoms with van der Waals surface area (Å²) >= 11 is 0. The number of hydrogen-bond acceptors (Lipinski definition) is 4. The smallest absolute Gasteiger partial charge is 0.261 e. The lowest BCUT2D eigenvalue weighted by Crippen LogP contribution is -2.42. The summed E-state index contributed by atoms with van der Waals surface area (Å²) in [5.74, 6) is -0.0631. The van der Waals surface area contributed by atoms with Gasteiger partial charge in [0.25, 0.3) is 15.9 Å². The number of carbonyl (C=O) groups is 1. The highest BCUT2D eigenvalue weighted by Gasteiger charge is 2.32. The van der Waals surface area contributed by atoms with Crippen molar-refractivity contribution < 1.29 is 13.2 Å². The molecule has 2 aromatic carbocycles. The maximum atomic E-state index is 13.4. The van der Waals surface area contributed by atoms with Crippen LogP contribution in [0.2, 0.25) is 0 Å². The Balaban J connectivity index is 1.56. The van der Waals surface area contributed by atoms with Crippen molar-refractivity contribution in [2.24, 2.45) is 0 Å². The number of nitrogens with zero attached hydrogens (tertiary/aromatic N) is 2. The number of nitrogens with one attached hydrogen (secondary N) is 1. The van der Waals surface area contributed by atoms with Crippen LogP contribution in [0.25, 0.3) is 0 Å². The first kappa shape index (κ1) is 21.8. The van der Waals surface area contributed by atoms with E-state index < -0.39 is 10.0 Å². The van der Waals surface area contributed by atoms with Crippen LogP contribution in [-0.2, 0) is 10.0 Å². The van der Waals surface area contributed by atoms with Crippen LogP contribution in [0.1, 0.15) is 47.2 Å². The molecule has 31 heavy (non-hydrogen) atoms. The topological polar surface area (TPSA) is 69.7 Å². The van der Waals surface area contributed by atoms with Crippen molar-refractivity contribution >= 4 is 21.6 Å². The fourth-order valence-corrected chi connectivity index (χ4v) is 5.71. The molecular weight excluding hydrogens is 410 g/mol. The first-order valence-corrected chi connectivity index (χ1v) is 12.6. The number of hydrogen-bond donors (Lipinski definition) is 1. The third-order valence-electron chi connectivity index (χ3n) is 6.33. The van der Waals surface area contributed by atoms with Crippen molar-refractivity contribution in [2.45, 2.75) is 50.5 Å². The Morgan fingerprint density at radius 1 is 1.03 bits per heavy atom. The number of anilines is 1. The first-order chi connectivity index (χ1) is 14.8. The standard InChI is InChI=1S/C24H31N3O3S/c1-18-7-5-8-20(15-18)25-31(29,30)22-11-10-19(2)23(16-22)24(28)27-14-6-9-21(27)17-26-12-3-4-13-26/h5,7-8,10-11,15-16,21,25H,3-4,6,9,12-14,17H2,1-2H3. The number of benzene rings is 2. The van der Waals surface area contributed by atoms with Crippen molar-refractivity contribution in [3.8, 4) is 0 Å². The van der Waals surface area contributed by atoms with Gasteiger partial charge in [-0.3, -0.25) is 9.52 Å². The molecule has 2 heterocycles. The summed E-state index contributed by atoms with van der Waals surface area (Å²) in [5, 5.41) is 0. The summed E-state index contributed by atoms with van der Waals surface area (Å²) in [7, 11) is -3.79. The van der Waals surface area contributed by atoms with E-state index in [1.54, 1.807) is 24.3 Å². The molecule has 2 saturated heterocycles. The highest BCUT2D eigenvalue weighted by Crippen LogP contribution is 2.26. The van der Waals surface area contributed by atoms with Crippen LogP contribution in [0.3, 0.4) is 0 Å². The van der Waals surface area contributed by atoms with Crippen molar-refractivity contribution in [3.63, 3.8) is 0 Å². The predicted octanol–water partition coefficient (Wildman–Crippen LogP) is 3.80. The fraction of sp³-hybridized carbons (Fsp3) is 0.458. The monoisotopic (exact) mass is 441 g/mol. The number of sulfonamides is 1. The summed E-state index contributed by atoms with van der Waals surface area (Å²) in [6.45, 7) is 7.64. The van der Waals surface area contributed by atoms with E-state index >= 15 is 0 Å². The Bertz CT molecular complexity index is 1060. The van der Waals surface area contributed by atoms with Crippen LogP contribution in [0.5, 0.6) is 0 Å². The average molecular weight is 442 g/mol. The van der Waals surface area contributed by atoms with E-state index in [0.29, 0.717) is 11.3 Å². The molecule has 1 atom stereocenters. The maximum absolute atomic E-state index is 13.4. The number of likely N-dealkylation sites (tertiary alicyclic amines) is 2. The minimum Gasteiger partial charge on any atom is -0.334 e. The Hall–Kier alpha value is -2.38. The quantitative estimate of drug-likeness (QED) is 0.740. The summed E-state index contributed by atoms with van der Waals surface area (Å²) in [4.78, 5) is 17.9. The summed E-state index contributed by atoms with van der Waals surface area (Å²) in [6, 6.07) is 12.2. The summed E-state index contributed by atoms with van der Waals surface area (Å²) in [6.07, 6.45) is 4.46. The lowest BCUT2D eigenvalue weighted by atomic mass is 10.1. The van der Waals surface area contributed by atoms with Gasteiger partial charge in [-0.15, -0.1) is 0 Å². The molecule has 4 rings (SSSR count). The third kappa shape index (κ3) is 4.93. The second-order valence-electron chi connectivity index (χ2n) is 8.75. The SMILES string of the molecule is Cc1cccc(NS(=O)(=O)c2ccc(C)c(C(=O)N3CCCC3CN3CCCC3)c2)c1. The van der Waals surface area contributed by atoms with E-state index in [-0.39, 0.29) is 16.8 Å². The highest BCUT2D eigenvalue weighted by atomic mass is 32.2. The lowest BCUT2D eigenvalue weighted by molar-refractivity contribution is 0.0708. The Morgan fingerprint density at radius 2 is 1.81 bits per heavy atom. The maximum Gasteiger partial charge on any atom is 0.261 e. The van der Waals surface area contributed by atoms with E-state index in [1.165, 1.54) is 18.9 Å². The second kappa shape index (κ2) is 9.01. The number of rotatable bonds is 6. The van der Waals surface area contributed by atoms with Crippen molar-refractivity contribution in [2.75, 3.05) is 30.9 Å². The lowest BCUT2D eigenvalue weighted by Gasteiger charge is -2.29. The number of carbonyl (C=O) groups excluding carboxylic acids is 1. The Labute approximate surface area is 185 Å². The van der Waals surface area contributed by atoms with Crippen LogP contribution >= 0.6 is 0 Å². The molecule has 0 bridgehead atoms. The molecule has 166 valence electrons. The van der Waals surface area contributed by atoms with Gasteiger partial charge in [0.1, 0.15) is 0 Å². The Kier molecular flexibility index (Phi) is 6.34. The number of aryl methyl sites for hydroxylation is 2. The minimum absolute atomic E-state index is 0.0631. The van der Waals surface area contributed by atoms with E-state index in [0.717, 1.165) is 50.1 Å². The van der Waals surface area contributed by atoms with Gasteiger partial charge in [-0.1, -0.05) is 18.2 Å². The van der Waals surface area contributed by atoms with Gasteiger partial charge in [0.15, 0.2) is 0 Å². The normalized spacial score (nSPS) is 19.7. The second-order valence-corrected chi connectivity index (χ2v) is 10.4. The molecule has 0 radical (unpaired) electrons. The van der Waals surface area contributed by atoms with Crippen LogP contribution in [0, 0.1) is 13.8 Å². The minimum atomic E-state index is -3.79. The molecule has 7 heteroatoms. The van der Waals surface area contributed by atoms with E-state index in [4.69, 9.17) is 0 Å². The molecule has 2 aliphatic rings. The largest absolute Gasteiger partial charge is 0.334 e. The van der Waals surface area contributed by atoms with Crippen molar-refractivity contribution in [1.29, 1.82) is 0 Å². The molecule has 1 unspecified atom stereocenters. The number of amides is 1. The van der Waals surface area contributed by atoms with Crippen LogP contribution in [0.15, 0.2) is 47.4 Å². The molecule has 2 aliphatic heterocycles. The molecule has 6 nitrogen and oxygen atoms in total. The van der Waals surface area contributed by atoms with Gasteiger partial charge in [-0.2, -0.15) is 0 Å². The van der Waals surface area contributed by atoms with Gasteiger partial charge >= 0.3 is 0 Å². The molecule has 2 aromatic rings. The summed E-state index contributed by atoms with van der Waals surface area (Å²) < 4.78 is 28.6. The average Bonchev–Trinajstić information content (AvgIpc) is 3.40. The fourth-order valence-electron chi connectivity index (χ4n) is 4.63. The van der Waals surface area contributed by atoms with Crippen LogP contribution < -0.4 is 4.72 Å². The molecule has 0 spiro atoms. The zero-order valence-electron chi connectivity index (χ0n) is 18.3. The van der Waals surface area contributed by atoms with Crippen molar-refractivity contribution in [1.82, 2.24) is 9.80 Å². The zero-order valence-corrected chi connectivity index (χ0v) is 19.1. The zero-order chi connectivity index (χ0) is 22.0. The van der Waals surface area contributed by atoms with Gasteiger partial charge in [-0.25, -0.2) is 8.42 Å². The van der Waals surface area contributed by atoms with Crippen molar-refractivity contribution in [3.05, 3.63) is 59.2 Å². The molecule has 0 aromatic heterocycles. The third-order valence-corrected chi connectivity index (χ3v) is 7.70. The van der Waals surface area contributed by atoms with E-state index in [1.807, 2.05) is 30.9 Å². The van der Waals surface area contributed by atoms with Gasteiger partial charge in [0, 0.05) is 30.4 Å². The van der Waals surface area contributed by atoms with E-state index in [2.05, 4.69) is 9.62 Å². The molecule has 1 amide bonds. The van der Waals surface area contributed by atoms with Gasteiger partial charge in [0.2, 0.25) is 0 Å². The Morgan fingerprint density at radius 3 is 2.55 bits per heavy atom. The van der Waals surface area contributed by atoms with Gasteiger partial charge < -0.3 is 9.80 Å². The first-order valence-electron chi connectivity index (χ1n) is 11.1. The highest BCUT2D eigenvalue weighted by molar-refractivity contribution is 7.92. The molecule has 1 N–H and O–H groups in total. The summed E-state index contributed by atoms with van der Waals surface area (Å²) in [5.41, 5.74) is 2.75. The van der Waals surface area contributed by atoms with E-state index in [9.17, 15) is 13.2 Å². The van der Waals surface area contributed by atoms with Crippen LogP contribution in [-0.4, -0.2) is 56.3 Å². The molecule has 2 fully saturated rings. The van der Waals surface area contributed by atoms with Crippen LogP contribution in [0.4, 0.5) is 5.69 Å². The molecular formula is C24H31N3O3S. The van der Waals surface area contributed by atoms with Gasteiger partial charge in [-0.05, 0) is 88.0 Å². The predicted molar refractivity (Wildman–Crippen MR) is 123 cm³/mol.